The highest BCUT2D eigenvalue weighted by Crippen LogP contribution is 2.61. The molecule has 35 heavy (non-hydrogen) atoms. The number of anilines is 1. The molecule has 0 aromatic heterocycles. The van der Waals surface area contributed by atoms with E-state index in [9.17, 15) is 19.4 Å². The second-order valence-corrected chi connectivity index (χ2v) is 9.72. The number of nitrogens with zero attached hydrogens (tertiary/aromatic N) is 1. The molecule has 0 radical (unpaired) electrons. The Bertz CT molecular complexity index is 1050. The predicted molar refractivity (Wildman–Crippen MR) is 121 cm³/mol. The van der Waals surface area contributed by atoms with E-state index in [1.807, 2.05) is 0 Å². The molecule has 5 rings (SSSR count). The first-order valence-corrected chi connectivity index (χ1v) is 12.2. The first-order valence-electron chi connectivity index (χ1n) is 12.2. The van der Waals surface area contributed by atoms with Gasteiger partial charge in [-0.15, -0.1) is 0 Å². The highest BCUT2D eigenvalue weighted by Gasteiger charge is 2.70. The summed E-state index contributed by atoms with van der Waals surface area (Å²) in [5.41, 5.74) is -1.64. The minimum atomic E-state index is -1.23. The third kappa shape index (κ3) is 3.37. The molecule has 4 aliphatic heterocycles. The highest BCUT2D eigenvalue weighted by atomic mass is 19.1. The van der Waals surface area contributed by atoms with Crippen LogP contribution in [0.1, 0.15) is 37.3 Å². The van der Waals surface area contributed by atoms with E-state index < -0.39 is 35.5 Å². The molecule has 3 fully saturated rings. The van der Waals surface area contributed by atoms with Crippen LogP contribution in [-0.2, 0) is 31.2 Å². The Balaban J connectivity index is 1.64. The predicted octanol–water partition coefficient (Wildman–Crippen LogP) is 2.03. The Morgan fingerprint density at radius 3 is 2.77 bits per heavy atom. The number of nitrogens with one attached hydrogen (secondary N) is 1. The molecule has 3 N–H and O–H groups in total. The van der Waals surface area contributed by atoms with E-state index in [4.69, 9.17) is 14.2 Å². The molecule has 0 amide bonds. The van der Waals surface area contributed by atoms with Crippen LogP contribution in [-0.4, -0.2) is 72.9 Å². The topological polar surface area (TPSA) is 100 Å². The van der Waals surface area contributed by atoms with Gasteiger partial charge in [0.2, 0.25) is 0 Å². The van der Waals surface area contributed by atoms with E-state index in [0.29, 0.717) is 31.5 Å². The Labute approximate surface area is 202 Å². The van der Waals surface area contributed by atoms with Crippen molar-refractivity contribution < 1.29 is 38.0 Å². The molecule has 1 aromatic rings. The Morgan fingerprint density at radius 2 is 2.09 bits per heavy atom. The SMILES string of the molecule is CC[C@@H]1CN2CC[C@@]34OCCO[C@@]3(Nc3c(F)cc(F)c(CO)c34)[C@@H]2C[C@@H]1/C(=C\CO)C(=O)OC. The molecule has 0 bridgehead atoms. The first kappa shape index (κ1) is 24.6. The summed E-state index contributed by atoms with van der Waals surface area (Å²) in [5.74, 6) is -2.19. The number of ether oxygens (including phenoxy) is 3. The molecular formula is C25H32F2N2O6. The summed E-state index contributed by atoms with van der Waals surface area (Å²) in [7, 11) is 1.31. The molecule has 3 saturated heterocycles. The number of benzene rings is 1. The van der Waals surface area contributed by atoms with Gasteiger partial charge in [-0.3, -0.25) is 4.90 Å². The average Bonchev–Trinajstić information content (AvgIpc) is 3.19. The van der Waals surface area contributed by atoms with Crippen LogP contribution in [0.15, 0.2) is 17.7 Å². The van der Waals surface area contributed by atoms with Crippen molar-refractivity contribution in [3.63, 3.8) is 0 Å². The van der Waals surface area contributed by atoms with Crippen LogP contribution >= 0.6 is 0 Å². The van der Waals surface area contributed by atoms with Gasteiger partial charge in [-0.25, -0.2) is 13.6 Å². The van der Waals surface area contributed by atoms with E-state index in [-0.39, 0.29) is 54.5 Å². The lowest BCUT2D eigenvalue weighted by atomic mass is 9.66. The van der Waals surface area contributed by atoms with E-state index >= 15 is 4.39 Å². The van der Waals surface area contributed by atoms with Crippen molar-refractivity contribution in [1.82, 2.24) is 4.90 Å². The summed E-state index contributed by atoms with van der Waals surface area (Å²) in [6.45, 7) is 2.93. The van der Waals surface area contributed by atoms with Gasteiger partial charge in [0, 0.05) is 35.9 Å². The smallest absolute Gasteiger partial charge is 0.333 e. The number of aliphatic hydroxyl groups is 2. The minimum absolute atomic E-state index is 0.00365. The number of aliphatic hydroxyl groups excluding tert-OH is 2. The lowest BCUT2D eigenvalue weighted by Gasteiger charge is -2.61. The van der Waals surface area contributed by atoms with E-state index in [1.165, 1.54) is 13.2 Å². The average molecular weight is 495 g/mol. The first-order chi connectivity index (χ1) is 16.9. The number of fused-ring (bicyclic) bond motifs is 2. The van der Waals surface area contributed by atoms with Gasteiger partial charge in [0.1, 0.15) is 17.2 Å². The third-order valence-electron chi connectivity index (χ3n) is 8.40. The van der Waals surface area contributed by atoms with Crippen molar-refractivity contribution in [3.05, 3.63) is 40.5 Å². The number of halogens is 2. The molecule has 0 aliphatic carbocycles. The molecule has 0 saturated carbocycles. The zero-order valence-corrected chi connectivity index (χ0v) is 20.0. The molecule has 1 aromatic carbocycles. The number of rotatable bonds is 5. The number of methoxy groups -OCH3 is 1. The van der Waals surface area contributed by atoms with Crippen molar-refractivity contribution in [2.75, 3.05) is 45.3 Å². The van der Waals surface area contributed by atoms with Crippen LogP contribution < -0.4 is 5.32 Å². The number of hydrogen-bond acceptors (Lipinski definition) is 8. The maximum atomic E-state index is 15.1. The normalized spacial score (nSPS) is 34.3. The fraction of sp³-hybridized carbons (Fsp3) is 0.640. The van der Waals surface area contributed by atoms with Crippen LogP contribution in [0, 0.1) is 23.5 Å². The number of hydrogen-bond donors (Lipinski definition) is 3. The summed E-state index contributed by atoms with van der Waals surface area (Å²) < 4.78 is 47.8. The van der Waals surface area contributed by atoms with Crippen LogP contribution in [0.4, 0.5) is 14.5 Å². The molecular weight excluding hydrogens is 462 g/mol. The minimum Gasteiger partial charge on any atom is -0.466 e. The van der Waals surface area contributed by atoms with Crippen molar-refractivity contribution >= 4 is 11.7 Å². The number of carbonyl (C=O) groups is 1. The Kier molecular flexibility index (Phi) is 6.38. The second kappa shape index (κ2) is 9.08. The largest absolute Gasteiger partial charge is 0.466 e. The number of carbonyl (C=O) groups excluding carboxylic acids is 1. The zero-order valence-electron chi connectivity index (χ0n) is 20.0. The zero-order chi connectivity index (χ0) is 25.0. The van der Waals surface area contributed by atoms with E-state index in [1.54, 1.807) is 0 Å². The van der Waals surface area contributed by atoms with Gasteiger partial charge in [-0.2, -0.15) is 0 Å². The standard InChI is InChI=1S/C25H32F2N2O6/c1-3-14-12-29-6-5-24-21-17(13-31)18(26)11-19(27)22(21)28-25(24,35-9-8-34-24)20(29)10-16(14)15(4-7-30)23(32)33-2/h4,11,14,16,20,28,30-31H,3,5-10,12-13H2,1-2H3/b15-4+/t14-,16+,20+,24+,25+/m1/s1. The number of esters is 1. The Hall–Kier alpha value is -2.11. The summed E-state index contributed by atoms with van der Waals surface area (Å²) in [4.78, 5) is 14.9. The van der Waals surface area contributed by atoms with Gasteiger partial charge in [-0.05, 0) is 30.8 Å². The molecule has 8 nitrogen and oxygen atoms in total. The van der Waals surface area contributed by atoms with Gasteiger partial charge < -0.3 is 29.7 Å². The van der Waals surface area contributed by atoms with Gasteiger partial charge in [0.05, 0.1) is 45.3 Å². The molecule has 5 atom stereocenters. The monoisotopic (exact) mass is 494 g/mol. The molecule has 10 heteroatoms. The van der Waals surface area contributed by atoms with Crippen molar-refractivity contribution in [1.29, 1.82) is 0 Å². The second-order valence-electron chi connectivity index (χ2n) is 9.72. The summed E-state index contributed by atoms with van der Waals surface area (Å²) in [6, 6.07) is 0.430. The van der Waals surface area contributed by atoms with Gasteiger partial charge in [0.15, 0.2) is 5.72 Å². The maximum absolute atomic E-state index is 15.1. The van der Waals surface area contributed by atoms with Crippen LogP contribution in [0.3, 0.4) is 0 Å². The lowest BCUT2D eigenvalue weighted by molar-refractivity contribution is -0.297. The molecule has 4 aliphatic rings. The van der Waals surface area contributed by atoms with Crippen molar-refractivity contribution in [2.24, 2.45) is 11.8 Å². The quantitative estimate of drug-likeness (QED) is 0.423. The van der Waals surface area contributed by atoms with Crippen molar-refractivity contribution in [2.45, 2.75) is 50.2 Å². The van der Waals surface area contributed by atoms with Crippen LogP contribution in [0.5, 0.6) is 0 Å². The highest BCUT2D eigenvalue weighted by molar-refractivity contribution is 5.89. The number of piperidine rings is 2. The van der Waals surface area contributed by atoms with Gasteiger partial charge in [-0.1, -0.05) is 13.3 Å². The van der Waals surface area contributed by atoms with Crippen LogP contribution in [0.2, 0.25) is 0 Å². The van der Waals surface area contributed by atoms with E-state index in [0.717, 1.165) is 12.5 Å². The van der Waals surface area contributed by atoms with Crippen LogP contribution in [0.25, 0.3) is 0 Å². The molecule has 4 heterocycles. The lowest BCUT2D eigenvalue weighted by Crippen LogP contribution is -2.75. The summed E-state index contributed by atoms with van der Waals surface area (Å²) in [6.07, 6.45) is 3.20. The Morgan fingerprint density at radius 1 is 1.31 bits per heavy atom. The fourth-order valence-electron chi connectivity index (χ4n) is 6.94. The molecule has 192 valence electrons. The third-order valence-corrected chi connectivity index (χ3v) is 8.40. The van der Waals surface area contributed by atoms with Gasteiger partial charge in [0.25, 0.3) is 0 Å². The fourth-order valence-corrected chi connectivity index (χ4v) is 6.94. The van der Waals surface area contributed by atoms with Gasteiger partial charge >= 0.3 is 5.97 Å². The summed E-state index contributed by atoms with van der Waals surface area (Å²) in [5, 5.41) is 22.9. The summed E-state index contributed by atoms with van der Waals surface area (Å²) >= 11 is 0. The molecule has 0 spiro atoms. The molecule has 0 unspecified atom stereocenters. The van der Waals surface area contributed by atoms with E-state index in [2.05, 4.69) is 17.1 Å². The maximum Gasteiger partial charge on any atom is 0.333 e. The van der Waals surface area contributed by atoms with Crippen molar-refractivity contribution in [3.8, 4) is 0 Å².